The van der Waals surface area contributed by atoms with E-state index in [1.807, 2.05) is 6.55 Å². The van der Waals surface area contributed by atoms with Gasteiger partial charge in [0.25, 0.3) is 0 Å². The third-order valence-corrected chi connectivity index (χ3v) is 4.04. The molecule has 0 aromatic rings. The van der Waals surface area contributed by atoms with E-state index < -0.39 is 9.04 Å². The first-order chi connectivity index (χ1) is 3.72. The lowest BCUT2D eigenvalue weighted by atomic mass is 10.3. The van der Waals surface area contributed by atoms with E-state index in [9.17, 15) is 0 Å². The van der Waals surface area contributed by atoms with Crippen molar-refractivity contribution in [3.05, 3.63) is 0 Å². The largest absolute Gasteiger partial charge is 0.435 e. The molecule has 0 amide bonds. The second kappa shape index (κ2) is 4.10. The first kappa shape index (κ1) is 8.18. The van der Waals surface area contributed by atoms with Crippen LogP contribution in [0.5, 0.6) is 0 Å². The van der Waals surface area contributed by atoms with E-state index in [-0.39, 0.29) is 0 Å². The minimum atomic E-state index is -1.29. The zero-order valence-electron chi connectivity index (χ0n) is 6.02. The van der Waals surface area contributed by atoms with Crippen LogP contribution in [0.2, 0.25) is 12.1 Å². The smallest absolute Gasteiger partial charge is 0.172 e. The van der Waals surface area contributed by atoms with Gasteiger partial charge in [0.1, 0.15) is 0 Å². The lowest BCUT2D eigenvalue weighted by Gasteiger charge is -2.12. The summed E-state index contributed by atoms with van der Waals surface area (Å²) in [7, 11) is -1.29. The van der Waals surface area contributed by atoms with Gasteiger partial charge in [-0.1, -0.05) is 26.7 Å². The van der Waals surface area contributed by atoms with Crippen LogP contribution in [0.3, 0.4) is 0 Å². The zero-order chi connectivity index (χ0) is 6.57. The van der Waals surface area contributed by atoms with Gasteiger partial charge in [0.2, 0.25) is 0 Å². The first-order valence-electron chi connectivity index (χ1n) is 3.40. The van der Waals surface area contributed by atoms with Crippen molar-refractivity contribution in [2.24, 2.45) is 0 Å². The zero-order valence-corrected chi connectivity index (χ0v) is 7.17. The molecule has 1 unspecified atom stereocenters. The molecule has 0 fully saturated rings. The highest BCUT2D eigenvalue weighted by Crippen LogP contribution is 2.16. The molecule has 1 N–H and O–H groups in total. The van der Waals surface area contributed by atoms with Crippen molar-refractivity contribution in [3.8, 4) is 0 Å². The Balaban J connectivity index is 3.35. The first-order valence-corrected chi connectivity index (χ1v) is 5.74. The van der Waals surface area contributed by atoms with E-state index in [4.69, 9.17) is 4.80 Å². The van der Waals surface area contributed by atoms with Crippen LogP contribution >= 0.6 is 0 Å². The van der Waals surface area contributed by atoms with Gasteiger partial charge in [-0.15, -0.1) is 0 Å². The summed E-state index contributed by atoms with van der Waals surface area (Å²) in [5, 5.41) is 0. The fourth-order valence-corrected chi connectivity index (χ4v) is 2.34. The molecule has 8 heavy (non-hydrogen) atoms. The molecule has 0 saturated heterocycles. The van der Waals surface area contributed by atoms with Crippen LogP contribution in [0.1, 0.15) is 26.7 Å². The maximum absolute atomic E-state index is 9.15. The second-order valence-corrected chi connectivity index (χ2v) is 4.74. The third-order valence-electron chi connectivity index (χ3n) is 1.73. The van der Waals surface area contributed by atoms with Crippen LogP contribution in [-0.2, 0) is 0 Å². The van der Waals surface area contributed by atoms with Crippen LogP contribution in [0.25, 0.3) is 0 Å². The van der Waals surface area contributed by atoms with Crippen molar-refractivity contribution in [2.45, 2.75) is 38.8 Å². The monoisotopic (exact) mass is 132 g/mol. The van der Waals surface area contributed by atoms with E-state index in [0.29, 0.717) is 5.54 Å². The molecular weight excluding hydrogens is 116 g/mol. The van der Waals surface area contributed by atoms with Crippen LogP contribution in [0, 0.1) is 0 Å². The summed E-state index contributed by atoms with van der Waals surface area (Å²) < 4.78 is 0. The maximum atomic E-state index is 9.15. The van der Waals surface area contributed by atoms with Gasteiger partial charge >= 0.3 is 0 Å². The number of rotatable bonds is 3. The summed E-state index contributed by atoms with van der Waals surface area (Å²) in [5.74, 6) is 0. The Morgan fingerprint density at radius 3 is 1.75 bits per heavy atom. The fourth-order valence-electron chi connectivity index (χ4n) is 0.971. The van der Waals surface area contributed by atoms with Crippen LogP contribution in [0.15, 0.2) is 0 Å². The SMILES string of the molecule is CCC(CC)[SiH](C)O. The molecule has 50 valence electrons. The lowest BCUT2D eigenvalue weighted by molar-refractivity contribution is 0.537. The van der Waals surface area contributed by atoms with Crippen molar-refractivity contribution in [2.75, 3.05) is 0 Å². The van der Waals surface area contributed by atoms with Gasteiger partial charge < -0.3 is 4.80 Å². The van der Waals surface area contributed by atoms with Crippen molar-refractivity contribution < 1.29 is 4.80 Å². The lowest BCUT2D eigenvalue weighted by Crippen LogP contribution is -2.14. The summed E-state index contributed by atoms with van der Waals surface area (Å²) in [6, 6.07) is 0. The van der Waals surface area contributed by atoms with Crippen molar-refractivity contribution in [1.29, 1.82) is 0 Å². The van der Waals surface area contributed by atoms with E-state index in [2.05, 4.69) is 13.8 Å². The topological polar surface area (TPSA) is 20.2 Å². The van der Waals surface area contributed by atoms with Crippen LogP contribution in [0.4, 0.5) is 0 Å². The van der Waals surface area contributed by atoms with Gasteiger partial charge in [-0.05, 0) is 12.1 Å². The summed E-state index contributed by atoms with van der Waals surface area (Å²) in [6.07, 6.45) is 2.31. The molecule has 0 saturated carbocycles. The Morgan fingerprint density at radius 2 is 1.75 bits per heavy atom. The Bertz CT molecular complexity index is 50.5. The van der Waals surface area contributed by atoms with Crippen LogP contribution < -0.4 is 0 Å². The van der Waals surface area contributed by atoms with Gasteiger partial charge in [0.15, 0.2) is 9.04 Å². The molecule has 0 aliphatic carbocycles. The molecule has 0 radical (unpaired) electrons. The molecule has 0 aromatic heterocycles. The van der Waals surface area contributed by atoms with Crippen LogP contribution in [-0.4, -0.2) is 13.8 Å². The molecule has 0 aliphatic heterocycles. The quantitative estimate of drug-likeness (QED) is 0.577. The molecular formula is C6H16OSi. The minimum Gasteiger partial charge on any atom is -0.435 e. The standard InChI is InChI=1S/C6H16OSi/c1-4-6(5-2)8(3)7/h6-8H,4-5H2,1-3H3. The highest BCUT2D eigenvalue weighted by Gasteiger charge is 2.10. The highest BCUT2D eigenvalue weighted by atomic mass is 28.3. The number of hydrogen-bond acceptors (Lipinski definition) is 1. The fraction of sp³-hybridized carbons (Fsp3) is 1.00. The predicted molar refractivity (Wildman–Crippen MR) is 39.6 cm³/mol. The summed E-state index contributed by atoms with van der Waals surface area (Å²) >= 11 is 0. The Morgan fingerprint density at radius 1 is 1.38 bits per heavy atom. The van der Waals surface area contributed by atoms with E-state index in [1.54, 1.807) is 0 Å². The summed E-state index contributed by atoms with van der Waals surface area (Å²) in [5.41, 5.74) is 0.648. The Kier molecular flexibility index (Phi) is 4.19. The minimum absolute atomic E-state index is 0.648. The maximum Gasteiger partial charge on any atom is 0.172 e. The molecule has 0 heterocycles. The third kappa shape index (κ3) is 2.48. The predicted octanol–water partition coefficient (Wildman–Crippen LogP) is 1.52. The average molecular weight is 132 g/mol. The molecule has 0 rings (SSSR count). The molecule has 1 nitrogen and oxygen atoms in total. The van der Waals surface area contributed by atoms with Gasteiger partial charge in [-0.3, -0.25) is 0 Å². The van der Waals surface area contributed by atoms with E-state index >= 15 is 0 Å². The molecule has 2 heteroatoms. The Hall–Kier alpha value is 0.177. The average Bonchev–Trinajstić information content (AvgIpc) is 1.69. The molecule has 0 aliphatic rings. The van der Waals surface area contributed by atoms with Gasteiger partial charge in [0.05, 0.1) is 0 Å². The van der Waals surface area contributed by atoms with Crippen molar-refractivity contribution in [3.63, 3.8) is 0 Å². The second-order valence-electron chi connectivity index (χ2n) is 2.32. The number of hydrogen-bond donors (Lipinski definition) is 1. The van der Waals surface area contributed by atoms with Crippen molar-refractivity contribution >= 4 is 9.04 Å². The van der Waals surface area contributed by atoms with Gasteiger partial charge in [-0.2, -0.15) is 0 Å². The summed E-state index contributed by atoms with van der Waals surface area (Å²) in [6.45, 7) is 6.29. The molecule has 0 bridgehead atoms. The Labute approximate surface area is 53.5 Å². The molecule has 1 atom stereocenters. The summed E-state index contributed by atoms with van der Waals surface area (Å²) in [4.78, 5) is 9.15. The van der Waals surface area contributed by atoms with E-state index in [1.165, 1.54) is 0 Å². The molecule has 0 aromatic carbocycles. The van der Waals surface area contributed by atoms with Gasteiger partial charge in [-0.25, -0.2) is 0 Å². The normalized spacial score (nSPS) is 14.6. The molecule has 0 spiro atoms. The van der Waals surface area contributed by atoms with Crippen molar-refractivity contribution in [1.82, 2.24) is 0 Å². The highest BCUT2D eigenvalue weighted by molar-refractivity contribution is 6.50. The van der Waals surface area contributed by atoms with E-state index in [0.717, 1.165) is 12.8 Å². The van der Waals surface area contributed by atoms with Gasteiger partial charge in [0, 0.05) is 0 Å².